The third-order valence-corrected chi connectivity index (χ3v) is 5.01. The van der Waals surface area contributed by atoms with Crippen LogP contribution < -0.4 is 9.62 Å². The first kappa shape index (κ1) is 18.4. The minimum Gasteiger partial charge on any atom is -0.323 e. The highest BCUT2D eigenvalue weighted by atomic mass is 32.2. The summed E-state index contributed by atoms with van der Waals surface area (Å²) in [6.45, 7) is -0.458. The van der Waals surface area contributed by atoms with E-state index in [1.165, 1.54) is 12.1 Å². The standard InChI is InChI=1S/C19H16N4O3S/c1-27(25,26)23(17-10-3-2-6-15(17)12-20)13-18(24)22-16-9-4-7-14-8-5-11-21-19(14)16/h2-11H,13H2,1H3,(H,22,24). The van der Waals surface area contributed by atoms with Gasteiger partial charge >= 0.3 is 0 Å². The molecule has 27 heavy (non-hydrogen) atoms. The molecule has 0 aliphatic heterocycles. The largest absolute Gasteiger partial charge is 0.323 e. The van der Waals surface area contributed by atoms with E-state index in [-0.39, 0.29) is 11.3 Å². The molecule has 136 valence electrons. The van der Waals surface area contributed by atoms with Gasteiger partial charge in [0.25, 0.3) is 0 Å². The minimum atomic E-state index is -3.77. The molecule has 7 nitrogen and oxygen atoms in total. The number of carbonyl (C=O) groups is 1. The Morgan fingerprint density at radius 3 is 2.63 bits per heavy atom. The summed E-state index contributed by atoms with van der Waals surface area (Å²) in [5.41, 5.74) is 1.42. The van der Waals surface area contributed by atoms with Crippen molar-refractivity contribution in [1.82, 2.24) is 4.98 Å². The Hall–Kier alpha value is -3.44. The molecule has 0 aliphatic carbocycles. The molecule has 3 rings (SSSR count). The number of pyridine rings is 1. The molecule has 1 N–H and O–H groups in total. The van der Waals surface area contributed by atoms with E-state index < -0.39 is 22.5 Å². The predicted molar refractivity (Wildman–Crippen MR) is 104 cm³/mol. The second-order valence-electron chi connectivity index (χ2n) is 5.83. The second-order valence-corrected chi connectivity index (χ2v) is 7.73. The van der Waals surface area contributed by atoms with Crippen LogP contribution in [0.1, 0.15) is 5.56 Å². The maximum Gasteiger partial charge on any atom is 0.245 e. The van der Waals surface area contributed by atoms with E-state index in [0.29, 0.717) is 11.2 Å². The fourth-order valence-corrected chi connectivity index (χ4v) is 3.56. The number of nitrogens with zero attached hydrogens (tertiary/aromatic N) is 3. The van der Waals surface area contributed by atoms with E-state index in [2.05, 4.69) is 10.3 Å². The summed E-state index contributed by atoms with van der Waals surface area (Å²) in [6.07, 6.45) is 2.61. The van der Waals surface area contributed by atoms with Crippen molar-refractivity contribution in [1.29, 1.82) is 5.26 Å². The van der Waals surface area contributed by atoms with Crippen LogP contribution in [0.2, 0.25) is 0 Å². The van der Waals surface area contributed by atoms with Crippen molar-refractivity contribution in [3.63, 3.8) is 0 Å². The summed E-state index contributed by atoms with van der Waals surface area (Å²) < 4.78 is 25.4. The number of anilines is 2. The lowest BCUT2D eigenvalue weighted by molar-refractivity contribution is -0.114. The fourth-order valence-electron chi connectivity index (χ4n) is 2.69. The van der Waals surface area contributed by atoms with Crippen molar-refractivity contribution in [3.8, 4) is 6.07 Å². The first-order valence-electron chi connectivity index (χ1n) is 8.00. The zero-order valence-electron chi connectivity index (χ0n) is 14.5. The van der Waals surface area contributed by atoms with Gasteiger partial charge in [-0.05, 0) is 24.3 Å². The molecular weight excluding hydrogens is 364 g/mol. The lowest BCUT2D eigenvalue weighted by Gasteiger charge is -2.22. The molecule has 0 atom stereocenters. The zero-order valence-corrected chi connectivity index (χ0v) is 15.3. The Balaban J connectivity index is 1.91. The summed E-state index contributed by atoms with van der Waals surface area (Å²) in [5, 5.41) is 12.8. The van der Waals surface area contributed by atoms with Crippen LogP contribution in [0.25, 0.3) is 10.9 Å². The van der Waals surface area contributed by atoms with Crippen LogP contribution in [0.3, 0.4) is 0 Å². The third-order valence-electron chi connectivity index (χ3n) is 3.89. The Labute approximate surface area is 156 Å². The van der Waals surface area contributed by atoms with Gasteiger partial charge in [-0.2, -0.15) is 5.26 Å². The van der Waals surface area contributed by atoms with E-state index in [4.69, 9.17) is 0 Å². The van der Waals surface area contributed by atoms with Crippen LogP contribution in [0.5, 0.6) is 0 Å². The number of benzene rings is 2. The van der Waals surface area contributed by atoms with E-state index in [0.717, 1.165) is 15.9 Å². The van der Waals surface area contributed by atoms with E-state index in [1.54, 1.807) is 36.5 Å². The van der Waals surface area contributed by atoms with Gasteiger partial charge in [-0.15, -0.1) is 0 Å². The van der Waals surface area contributed by atoms with E-state index in [1.807, 2.05) is 18.2 Å². The second kappa shape index (κ2) is 7.43. The SMILES string of the molecule is CS(=O)(=O)N(CC(=O)Nc1cccc2cccnc12)c1ccccc1C#N. The number of hydrogen-bond donors (Lipinski definition) is 1. The highest BCUT2D eigenvalue weighted by molar-refractivity contribution is 7.92. The van der Waals surface area contributed by atoms with Gasteiger partial charge in [0.15, 0.2) is 0 Å². The number of hydrogen-bond acceptors (Lipinski definition) is 5. The van der Waals surface area contributed by atoms with Gasteiger partial charge in [0, 0.05) is 11.6 Å². The molecular formula is C19H16N4O3S. The first-order chi connectivity index (χ1) is 12.9. The van der Waals surface area contributed by atoms with Gasteiger partial charge in [0.2, 0.25) is 15.9 Å². The van der Waals surface area contributed by atoms with Crippen molar-refractivity contribution in [2.24, 2.45) is 0 Å². The molecule has 2 aromatic carbocycles. The average Bonchev–Trinajstić information content (AvgIpc) is 2.65. The lowest BCUT2D eigenvalue weighted by atomic mass is 10.2. The van der Waals surface area contributed by atoms with Crippen LogP contribution in [-0.4, -0.2) is 32.1 Å². The Morgan fingerprint density at radius 1 is 1.15 bits per heavy atom. The van der Waals surface area contributed by atoms with Gasteiger partial charge in [0.1, 0.15) is 12.6 Å². The normalized spacial score (nSPS) is 11.0. The van der Waals surface area contributed by atoms with Crippen molar-refractivity contribution < 1.29 is 13.2 Å². The summed E-state index contributed by atoms with van der Waals surface area (Å²) in [5.74, 6) is -0.536. The minimum absolute atomic E-state index is 0.161. The molecule has 0 aliphatic rings. The fraction of sp³-hybridized carbons (Fsp3) is 0.105. The van der Waals surface area contributed by atoms with Gasteiger partial charge in [-0.25, -0.2) is 8.42 Å². The number of nitrogens with one attached hydrogen (secondary N) is 1. The summed E-state index contributed by atoms with van der Waals surface area (Å²) in [6, 6.07) is 17.2. The Kier molecular flexibility index (Phi) is 5.05. The number of para-hydroxylation sites is 2. The van der Waals surface area contributed by atoms with Crippen LogP contribution in [0.15, 0.2) is 60.8 Å². The molecule has 1 heterocycles. The van der Waals surface area contributed by atoms with Crippen molar-refractivity contribution >= 4 is 38.2 Å². The Morgan fingerprint density at radius 2 is 1.89 bits per heavy atom. The summed E-state index contributed by atoms with van der Waals surface area (Å²) in [7, 11) is -3.77. The summed E-state index contributed by atoms with van der Waals surface area (Å²) in [4.78, 5) is 16.8. The molecule has 1 aromatic heterocycles. The van der Waals surface area contributed by atoms with Gasteiger partial charge in [-0.3, -0.25) is 14.1 Å². The van der Waals surface area contributed by atoms with E-state index in [9.17, 15) is 18.5 Å². The van der Waals surface area contributed by atoms with Crippen LogP contribution in [0, 0.1) is 11.3 Å². The van der Waals surface area contributed by atoms with Crippen molar-refractivity contribution in [3.05, 3.63) is 66.4 Å². The first-order valence-corrected chi connectivity index (χ1v) is 9.85. The molecule has 0 radical (unpaired) electrons. The highest BCUT2D eigenvalue weighted by Gasteiger charge is 2.23. The van der Waals surface area contributed by atoms with Crippen LogP contribution in [0.4, 0.5) is 11.4 Å². The van der Waals surface area contributed by atoms with Crippen LogP contribution >= 0.6 is 0 Å². The maximum absolute atomic E-state index is 12.6. The molecule has 0 bridgehead atoms. The molecule has 0 fully saturated rings. The monoisotopic (exact) mass is 380 g/mol. The number of rotatable bonds is 5. The van der Waals surface area contributed by atoms with E-state index >= 15 is 0 Å². The van der Waals surface area contributed by atoms with Gasteiger partial charge in [0.05, 0.1) is 28.7 Å². The zero-order chi connectivity index (χ0) is 19.4. The topological polar surface area (TPSA) is 103 Å². The molecule has 8 heteroatoms. The summed E-state index contributed by atoms with van der Waals surface area (Å²) >= 11 is 0. The number of nitriles is 1. The lowest BCUT2D eigenvalue weighted by Crippen LogP contribution is -2.37. The number of sulfonamides is 1. The number of aromatic nitrogens is 1. The number of fused-ring (bicyclic) bond motifs is 1. The molecule has 1 amide bonds. The quantitative estimate of drug-likeness (QED) is 0.732. The van der Waals surface area contributed by atoms with Gasteiger partial charge in [-0.1, -0.05) is 30.3 Å². The maximum atomic E-state index is 12.6. The van der Waals surface area contributed by atoms with Crippen molar-refractivity contribution in [2.75, 3.05) is 22.4 Å². The molecule has 3 aromatic rings. The molecule has 0 spiro atoms. The average molecular weight is 380 g/mol. The Bertz CT molecular complexity index is 1150. The molecule has 0 saturated heterocycles. The molecule has 0 saturated carbocycles. The number of carbonyl (C=O) groups excluding carboxylic acids is 1. The number of amides is 1. The predicted octanol–water partition coefficient (Wildman–Crippen LogP) is 2.51. The highest BCUT2D eigenvalue weighted by Crippen LogP contribution is 2.23. The third kappa shape index (κ3) is 4.04. The van der Waals surface area contributed by atoms with Crippen molar-refractivity contribution in [2.45, 2.75) is 0 Å². The van der Waals surface area contributed by atoms with Gasteiger partial charge < -0.3 is 5.32 Å². The smallest absolute Gasteiger partial charge is 0.245 e. The van der Waals surface area contributed by atoms with Crippen LogP contribution in [-0.2, 0) is 14.8 Å². The molecule has 0 unspecified atom stereocenters.